The van der Waals surface area contributed by atoms with Crippen molar-refractivity contribution in [3.05, 3.63) is 47.5 Å². The highest BCUT2D eigenvalue weighted by molar-refractivity contribution is 5.91. The maximum atomic E-state index is 13.7. The molecule has 0 spiro atoms. The number of amides is 2. The summed E-state index contributed by atoms with van der Waals surface area (Å²) in [6.07, 6.45) is 0.370. The van der Waals surface area contributed by atoms with E-state index in [1.54, 1.807) is 45.7 Å². The molecule has 2 amide bonds. The van der Waals surface area contributed by atoms with Crippen molar-refractivity contribution in [3.8, 4) is 0 Å². The zero-order valence-electron chi connectivity index (χ0n) is 23.0. The molecule has 1 aromatic carbocycles. The second-order valence-electron chi connectivity index (χ2n) is 11.1. The molecule has 3 atom stereocenters. The number of hydrogen-bond donors (Lipinski definition) is 2. The average molecular weight is 489 g/mol. The van der Waals surface area contributed by atoms with Crippen LogP contribution in [0.5, 0.6) is 0 Å². The predicted octanol–water partition coefficient (Wildman–Crippen LogP) is 3.85. The summed E-state index contributed by atoms with van der Waals surface area (Å²) in [5, 5.41) is 13.8. The van der Waals surface area contributed by atoms with Crippen LogP contribution in [0.2, 0.25) is 0 Å². The fourth-order valence-electron chi connectivity index (χ4n) is 3.89. The topological polar surface area (TPSA) is 95.9 Å². The lowest BCUT2D eigenvalue weighted by atomic mass is 9.78. The van der Waals surface area contributed by atoms with Crippen molar-refractivity contribution in [1.82, 2.24) is 10.2 Å². The van der Waals surface area contributed by atoms with E-state index in [4.69, 9.17) is 4.74 Å². The number of likely N-dealkylation sites (N-methyl/N-ethyl adjacent to an activating group) is 1. The third kappa shape index (κ3) is 7.92. The van der Waals surface area contributed by atoms with Gasteiger partial charge < -0.3 is 20.1 Å². The Morgan fingerprint density at radius 2 is 1.63 bits per heavy atom. The van der Waals surface area contributed by atoms with Gasteiger partial charge in [-0.05, 0) is 30.7 Å². The van der Waals surface area contributed by atoms with Gasteiger partial charge in [0.2, 0.25) is 11.8 Å². The van der Waals surface area contributed by atoms with E-state index in [1.807, 2.05) is 65.0 Å². The third-order valence-electron chi connectivity index (χ3n) is 6.35. The molecule has 1 rings (SSSR count). The Kier molecular flexibility index (Phi) is 10.7. The van der Waals surface area contributed by atoms with Gasteiger partial charge >= 0.3 is 5.97 Å². The van der Waals surface area contributed by atoms with Crippen LogP contribution in [0.3, 0.4) is 0 Å². The molecule has 35 heavy (non-hydrogen) atoms. The molecule has 0 aliphatic rings. The number of ether oxygens (including phenoxy) is 1. The SMILES string of the molecule is CCOC(=O)C(C)=C[C@H](C(C)C)N(C)C(=O)[C@@H](NC(=O)[C@@H](O)C(C)(C)c1ccccc1)C(C)(C)C. The summed E-state index contributed by atoms with van der Waals surface area (Å²) >= 11 is 0. The van der Waals surface area contributed by atoms with Crippen LogP contribution in [0, 0.1) is 11.3 Å². The zero-order valence-corrected chi connectivity index (χ0v) is 23.0. The van der Waals surface area contributed by atoms with Crippen molar-refractivity contribution >= 4 is 17.8 Å². The van der Waals surface area contributed by atoms with Crippen molar-refractivity contribution in [2.45, 2.75) is 85.9 Å². The minimum atomic E-state index is -1.36. The molecule has 1 aromatic rings. The number of hydrogen-bond acceptors (Lipinski definition) is 5. The lowest BCUT2D eigenvalue weighted by Gasteiger charge is -2.39. The molecule has 0 aromatic heterocycles. The van der Waals surface area contributed by atoms with Gasteiger partial charge in [0.1, 0.15) is 12.1 Å². The number of rotatable bonds is 10. The summed E-state index contributed by atoms with van der Waals surface area (Å²) in [6, 6.07) is 8.04. The number of nitrogens with one attached hydrogen (secondary N) is 1. The molecule has 0 bridgehead atoms. The largest absolute Gasteiger partial charge is 0.463 e. The van der Waals surface area contributed by atoms with Crippen molar-refractivity contribution in [3.63, 3.8) is 0 Å². The quantitative estimate of drug-likeness (QED) is 0.385. The van der Waals surface area contributed by atoms with Crippen LogP contribution in [0.1, 0.15) is 67.9 Å². The number of nitrogens with zero attached hydrogens (tertiary/aromatic N) is 1. The zero-order chi connectivity index (χ0) is 27.1. The normalized spacial score (nSPS) is 15.3. The van der Waals surface area contributed by atoms with Gasteiger partial charge in [0, 0.05) is 18.0 Å². The Hall–Kier alpha value is -2.67. The molecule has 2 N–H and O–H groups in total. The summed E-state index contributed by atoms with van der Waals surface area (Å²) in [5.41, 5.74) is -0.249. The van der Waals surface area contributed by atoms with Gasteiger partial charge in [-0.1, -0.05) is 84.9 Å². The van der Waals surface area contributed by atoms with E-state index in [1.165, 1.54) is 0 Å². The first kappa shape index (κ1) is 30.4. The van der Waals surface area contributed by atoms with E-state index in [2.05, 4.69) is 5.32 Å². The van der Waals surface area contributed by atoms with Crippen LogP contribution < -0.4 is 5.32 Å². The lowest BCUT2D eigenvalue weighted by Crippen LogP contribution is -2.59. The summed E-state index contributed by atoms with van der Waals surface area (Å²) in [7, 11) is 1.66. The van der Waals surface area contributed by atoms with Crippen LogP contribution >= 0.6 is 0 Å². The molecule has 0 fully saturated rings. The molecule has 0 aliphatic heterocycles. The minimum absolute atomic E-state index is 0.00671. The third-order valence-corrected chi connectivity index (χ3v) is 6.35. The van der Waals surface area contributed by atoms with Crippen molar-refractivity contribution in [2.75, 3.05) is 13.7 Å². The highest BCUT2D eigenvalue weighted by atomic mass is 16.5. The Bertz CT molecular complexity index is 900. The monoisotopic (exact) mass is 488 g/mol. The van der Waals surface area contributed by atoms with Gasteiger partial charge in [-0.3, -0.25) is 9.59 Å². The van der Waals surface area contributed by atoms with Crippen LogP contribution in [0.15, 0.2) is 42.0 Å². The fraction of sp³-hybridized carbons (Fsp3) is 0.607. The summed E-state index contributed by atoms with van der Waals surface area (Å²) in [4.78, 5) is 40.6. The predicted molar refractivity (Wildman–Crippen MR) is 139 cm³/mol. The standard InChI is InChI=1S/C28H44N2O5/c1-11-35-26(34)19(4)17-21(18(2)3)30(10)25(33)22(27(5,6)7)29-24(32)23(31)28(8,9)20-15-13-12-14-16-20/h12-18,21-23,31H,11H2,1-10H3,(H,29,32)/t21-,22-,23-/m1/s1. The Morgan fingerprint density at radius 3 is 2.09 bits per heavy atom. The highest BCUT2D eigenvalue weighted by Crippen LogP contribution is 2.29. The van der Waals surface area contributed by atoms with E-state index >= 15 is 0 Å². The van der Waals surface area contributed by atoms with E-state index in [0.717, 1.165) is 5.56 Å². The van der Waals surface area contributed by atoms with E-state index in [-0.39, 0.29) is 24.5 Å². The van der Waals surface area contributed by atoms with E-state index in [0.29, 0.717) is 5.57 Å². The van der Waals surface area contributed by atoms with Gasteiger partial charge in [0.15, 0.2) is 0 Å². The molecular weight excluding hydrogens is 444 g/mol. The minimum Gasteiger partial charge on any atom is -0.463 e. The second-order valence-corrected chi connectivity index (χ2v) is 11.1. The molecule has 0 unspecified atom stereocenters. The van der Waals surface area contributed by atoms with E-state index < -0.39 is 34.9 Å². The number of benzene rings is 1. The maximum Gasteiger partial charge on any atom is 0.333 e. The molecule has 196 valence electrons. The lowest BCUT2D eigenvalue weighted by molar-refractivity contribution is -0.143. The summed E-state index contributed by atoms with van der Waals surface area (Å²) in [6.45, 7) is 16.8. The number of esters is 1. The van der Waals surface area contributed by atoms with Crippen LogP contribution in [-0.4, -0.2) is 59.6 Å². The van der Waals surface area contributed by atoms with Crippen molar-refractivity contribution < 1.29 is 24.2 Å². The maximum absolute atomic E-state index is 13.7. The molecule has 7 heteroatoms. The second kappa shape index (κ2) is 12.3. The number of aliphatic hydroxyl groups is 1. The van der Waals surface area contributed by atoms with Gasteiger partial charge in [-0.2, -0.15) is 0 Å². The highest BCUT2D eigenvalue weighted by Gasteiger charge is 2.41. The van der Waals surface area contributed by atoms with Crippen molar-refractivity contribution in [1.29, 1.82) is 0 Å². The van der Waals surface area contributed by atoms with Gasteiger partial charge in [-0.25, -0.2) is 4.79 Å². The van der Waals surface area contributed by atoms with Gasteiger partial charge in [0.25, 0.3) is 0 Å². The van der Waals surface area contributed by atoms with Gasteiger partial charge in [-0.15, -0.1) is 0 Å². The molecule has 0 heterocycles. The first-order valence-corrected chi connectivity index (χ1v) is 12.2. The molecule has 0 aliphatic carbocycles. The van der Waals surface area contributed by atoms with Crippen LogP contribution in [0.4, 0.5) is 0 Å². The van der Waals surface area contributed by atoms with E-state index in [9.17, 15) is 19.5 Å². The fourth-order valence-corrected chi connectivity index (χ4v) is 3.89. The smallest absolute Gasteiger partial charge is 0.333 e. The molecule has 0 saturated heterocycles. The Balaban J connectivity index is 3.22. The number of carbonyl (C=O) groups is 3. The van der Waals surface area contributed by atoms with Crippen molar-refractivity contribution in [2.24, 2.45) is 11.3 Å². The number of aliphatic hydroxyl groups excluding tert-OH is 1. The number of carbonyl (C=O) groups excluding carboxylic acids is 3. The van der Waals surface area contributed by atoms with Gasteiger partial charge in [0.05, 0.1) is 12.6 Å². The van der Waals surface area contributed by atoms with Crippen LogP contribution in [0.25, 0.3) is 0 Å². The first-order chi connectivity index (χ1) is 16.0. The summed E-state index contributed by atoms with van der Waals surface area (Å²) < 4.78 is 5.08. The summed E-state index contributed by atoms with van der Waals surface area (Å²) in [5.74, 6) is -1.33. The molecule has 7 nitrogen and oxygen atoms in total. The van der Waals surface area contributed by atoms with Crippen LogP contribution in [-0.2, 0) is 24.5 Å². The molecule has 0 saturated carbocycles. The molecular formula is C28H44N2O5. The Morgan fingerprint density at radius 1 is 1.09 bits per heavy atom. The average Bonchev–Trinajstić information content (AvgIpc) is 2.78. The first-order valence-electron chi connectivity index (χ1n) is 12.2. The molecule has 0 radical (unpaired) electrons. The Labute approximate surface area is 210 Å².